The number of rotatable bonds is 5. The minimum atomic E-state index is -2.07. The van der Waals surface area contributed by atoms with Gasteiger partial charge in [-0.2, -0.15) is 0 Å². The van der Waals surface area contributed by atoms with Gasteiger partial charge in [0.25, 0.3) is 0 Å². The summed E-state index contributed by atoms with van der Waals surface area (Å²) in [6.45, 7) is 12.6. The lowest BCUT2D eigenvalue weighted by atomic mass is 10.1. The van der Waals surface area contributed by atoms with E-state index in [0.29, 0.717) is 17.1 Å². The van der Waals surface area contributed by atoms with Crippen LogP contribution in [0.25, 0.3) is 0 Å². The number of nitrogen functional groups attached to an aromatic ring is 1. The molecule has 0 saturated heterocycles. The SMILES string of the molecule is CC(Oc1cc(Br)cnc1N)c1cc(F)ccc1O[Si](C)(C)C(C)(C)C. The summed E-state index contributed by atoms with van der Waals surface area (Å²) in [6, 6.07) is 6.28. The van der Waals surface area contributed by atoms with Crippen molar-refractivity contribution in [3.63, 3.8) is 0 Å². The molecule has 2 aromatic rings. The molecule has 1 atom stereocenters. The number of nitrogens with zero attached hydrogens (tertiary/aromatic N) is 1. The zero-order valence-corrected chi connectivity index (χ0v) is 18.6. The van der Waals surface area contributed by atoms with E-state index in [0.717, 1.165) is 4.47 Å². The molecule has 2 rings (SSSR count). The first-order chi connectivity index (χ1) is 11.9. The maximum absolute atomic E-state index is 13.9. The third kappa shape index (κ3) is 4.76. The zero-order chi connectivity index (χ0) is 19.7. The molecule has 2 N–H and O–H groups in total. The molecule has 0 saturated carbocycles. The number of nitrogens with two attached hydrogens (primary N) is 1. The minimum Gasteiger partial charge on any atom is -0.543 e. The molecule has 1 unspecified atom stereocenters. The lowest BCUT2D eigenvalue weighted by Gasteiger charge is -2.37. The van der Waals surface area contributed by atoms with Gasteiger partial charge in [-0.1, -0.05) is 20.8 Å². The van der Waals surface area contributed by atoms with Crippen LogP contribution in [0.15, 0.2) is 34.9 Å². The number of halogens is 2. The van der Waals surface area contributed by atoms with E-state index >= 15 is 0 Å². The summed E-state index contributed by atoms with van der Waals surface area (Å²) in [5.74, 6) is 1.03. The molecule has 1 aromatic heterocycles. The maximum Gasteiger partial charge on any atom is 0.250 e. The van der Waals surface area contributed by atoms with Gasteiger partial charge in [-0.05, 0) is 65.3 Å². The average molecular weight is 441 g/mol. The predicted molar refractivity (Wildman–Crippen MR) is 110 cm³/mol. The quantitative estimate of drug-likeness (QED) is 0.571. The summed E-state index contributed by atoms with van der Waals surface area (Å²) in [4.78, 5) is 4.06. The van der Waals surface area contributed by atoms with Crippen LogP contribution in [-0.4, -0.2) is 13.3 Å². The van der Waals surface area contributed by atoms with Gasteiger partial charge in [0, 0.05) is 16.2 Å². The Morgan fingerprint density at radius 1 is 1.19 bits per heavy atom. The Kier molecular flexibility index (Phi) is 6.02. The summed E-state index contributed by atoms with van der Waals surface area (Å²) in [6.07, 6.45) is 1.14. The van der Waals surface area contributed by atoms with E-state index in [9.17, 15) is 4.39 Å². The molecule has 7 heteroatoms. The van der Waals surface area contributed by atoms with Crippen molar-refractivity contribution >= 4 is 30.1 Å². The van der Waals surface area contributed by atoms with E-state index in [4.69, 9.17) is 14.9 Å². The lowest BCUT2D eigenvalue weighted by molar-refractivity contribution is 0.223. The third-order valence-corrected chi connectivity index (χ3v) is 9.51. The van der Waals surface area contributed by atoms with E-state index in [1.54, 1.807) is 18.3 Å². The Labute approximate surface area is 164 Å². The summed E-state index contributed by atoms with van der Waals surface area (Å²) < 4.78 is 27.0. The molecule has 0 spiro atoms. The molecule has 0 aliphatic heterocycles. The van der Waals surface area contributed by atoms with Gasteiger partial charge in [0.05, 0.1) is 0 Å². The Hall–Kier alpha value is -1.60. The van der Waals surface area contributed by atoms with Crippen LogP contribution in [0.5, 0.6) is 11.5 Å². The van der Waals surface area contributed by atoms with Crippen molar-refractivity contribution < 1.29 is 13.6 Å². The fourth-order valence-corrected chi connectivity index (χ4v) is 3.49. The molecule has 1 aromatic carbocycles. The van der Waals surface area contributed by atoms with Gasteiger partial charge in [0.2, 0.25) is 8.32 Å². The van der Waals surface area contributed by atoms with Crippen LogP contribution in [0.3, 0.4) is 0 Å². The second-order valence-corrected chi connectivity index (χ2v) is 13.5. The highest BCUT2D eigenvalue weighted by atomic mass is 79.9. The Morgan fingerprint density at radius 3 is 2.46 bits per heavy atom. The molecule has 0 fully saturated rings. The van der Waals surface area contributed by atoms with E-state index in [1.165, 1.54) is 12.1 Å². The van der Waals surface area contributed by atoms with E-state index < -0.39 is 14.4 Å². The van der Waals surface area contributed by atoms with Gasteiger partial charge >= 0.3 is 0 Å². The van der Waals surface area contributed by atoms with Crippen molar-refractivity contribution in [1.82, 2.24) is 4.98 Å². The number of aromatic nitrogens is 1. The summed E-state index contributed by atoms with van der Waals surface area (Å²) in [5, 5.41) is 0.0292. The molecule has 0 aliphatic carbocycles. The van der Waals surface area contributed by atoms with Gasteiger partial charge in [0.15, 0.2) is 11.6 Å². The molecule has 0 radical (unpaired) electrons. The lowest BCUT2D eigenvalue weighted by Crippen LogP contribution is -2.44. The Bertz CT molecular complexity index is 794. The number of anilines is 1. The van der Waals surface area contributed by atoms with E-state index in [-0.39, 0.29) is 16.7 Å². The van der Waals surface area contributed by atoms with Gasteiger partial charge in [0.1, 0.15) is 17.7 Å². The third-order valence-electron chi connectivity index (χ3n) is 4.73. The first-order valence-electron chi connectivity index (χ1n) is 8.47. The number of hydrogen-bond acceptors (Lipinski definition) is 4. The highest BCUT2D eigenvalue weighted by molar-refractivity contribution is 9.10. The van der Waals surface area contributed by atoms with Crippen molar-refractivity contribution in [3.8, 4) is 11.5 Å². The normalized spacial score (nSPS) is 13.4. The molecule has 1 heterocycles. The van der Waals surface area contributed by atoms with Gasteiger partial charge in [-0.25, -0.2) is 9.37 Å². The number of hydrogen-bond donors (Lipinski definition) is 1. The van der Waals surface area contributed by atoms with Crippen molar-refractivity contribution in [2.45, 2.75) is 51.9 Å². The average Bonchev–Trinajstić information content (AvgIpc) is 2.51. The highest BCUT2D eigenvalue weighted by Crippen LogP contribution is 2.40. The monoisotopic (exact) mass is 440 g/mol. The van der Waals surface area contributed by atoms with E-state index in [1.807, 2.05) is 6.92 Å². The number of benzene rings is 1. The van der Waals surface area contributed by atoms with Crippen molar-refractivity contribution in [2.75, 3.05) is 5.73 Å². The van der Waals surface area contributed by atoms with Crippen LogP contribution in [-0.2, 0) is 0 Å². The van der Waals surface area contributed by atoms with Gasteiger partial charge in [-0.15, -0.1) is 0 Å². The summed E-state index contributed by atoms with van der Waals surface area (Å²) in [7, 11) is -2.07. The van der Waals surface area contributed by atoms with Crippen LogP contribution in [0.4, 0.5) is 10.2 Å². The second kappa shape index (κ2) is 7.56. The topological polar surface area (TPSA) is 57.4 Å². The second-order valence-electron chi connectivity index (χ2n) is 7.84. The minimum absolute atomic E-state index is 0.0292. The molecule has 4 nitrogen and oxygen atoms in total. The van der Waals surface area contributed by atoms with Crippen molar-refractivity contribution in [3.05, 3.63) is 46.3 Å². The first-order valence-corrected chi connectivity index (χ1v) is 12.2. The fourth-order valence-electron chi connectivity index (χ4n) is 2.14. The van der Waals surface area contributed by atoms with Gasteiger partial charge < -0.3 is 14.9 Å². The molecule has 0 aliphatic rings. The highest BCUT2D eigenvalue weighted by Gasteiger charge is 2.39. The molecule has 0 bridgehead atoms. The maximum atomic E-state index is 13.9. The smallest absolute Gasteiger partial charge is 0.250 e. The fraction of sp³-hybridized carbons (Fsp3) is 0.421. The van der Waals surface area contributed by atoms with Crippen molar-refractivity contribution in [1.29, 1.82) is 0 Å². The van der Waals surface area contributed by atoms with Crippen LogP contribution in [0.2, 0.25) is 18.1 Å². The molecule has 26 heavy (non-hydrogen) atoms. The van der Waals surface area contributed by atoms with Crippen LogP contribution < -0.4 is 14.9 Å². The zero-order valence-electron chi connectivity index (χ0n) is 16.1. The number of ether oxygens (including phenoxy) is 1. The summed E-state index contributed by atoms with van der Waals surface area (Å²) >= 11 is 3.35. The molecular weight excluding hydrogens is 415 g/mol. The first kappa shape index (κ1) is 20.7. The van der Waals surface area contributed by atoms with Crippen LogP contribution in [0, 0.1) is 5.82 Å². The predicted octanol–water partition coefficient (Wildman–Crippen LogP) is 6.09. The van der Waals surface area contributed by atoms with E-state index in [2.05, 4.69) is 54.8 Å². The Balaban J connectivity index is 2.36. The molecular formula is C19H26BrFN2O2Si. The molecule has 142 valence electrons. The largest absolute Gasteiger partial charge is 0.543 e. The number of pyridine rings is 1. The Morgan fingerprint density at radius 2 is 1.85 bits per heavy atom. The van der Waals surface area contributed by atoms with Crippen LogP contribution >= 0.6 is 15.9 Å². The molecule has 0 amide bonds. The standard InChI is InChI=1S/C19H26BrFN2O2Si/c1-12(24-17-9-13(20)11-23-18(17)22)15-10-14(21)7-8-16(15)25-26(5,6)19(2,3)4/h7-12H,1-6H3,(H2,22,23). The van der Waals surface area contributed by atoms with Crippen molar-refractivity contribution in [2.24, 2.45) is 0 Å². The summed E-state index contributed by atoms with van der Waals surface area (Å²) in [5.41, 5.74) is 6.53. The van der Waals surface area contributed by atoms with Crippen LogP contribution in [0.1, 0.15) is 39.4 Å². The van der Waals surface area contributed by atoms with Gasteiger partial charge in [-0.3, -0.25) is 0 Å².